The van der Waals surface area contributed by atoms with Gasteiger partial charge in [-0.25, -0.2) is 9.78 Å². The minimum Gasteiger partial charge on any atom is -0.444 e. The Morgan fingerprint density at radius 1 is 1.26 bits per heavy atom. The third kappa shape index (κ3) is 3.74. The van der Waals surface area contributed by atoms with E-state index in [1.54, 1.807) is 16.2 Å². The zero-order chi connectivity index (χ0) is 16.6. The summed E-state index contributed by atoms with van der Waals surface area (Å²) in [5.74, 6) is 0.553. The molecule has 23 heavy (non-hydrogen) atoms. The van der Waals surface area contributed by atoms with Crippen LogP contribution in [-0.4, -0.2) is 40.5 Å². The van der Waals surface area contributed by atoms with Gasteiger partial charge in [0.15, 0.2) is 5.78 Å². The van der Waals surface area contributed by atoms with E-state index in [4.69, 9.17) is 4.74 Å². The molecule has 1 saturated heterocycles. The topological polar surface area (TPSA) is 59.5 Å². The second kappa shape index (κ2) is 6.23. The number of amides is 1. The Morgan fingerprint density at radius 2 is 1.96 bits per heavy atom. The first kappa shape index (κ1) is 16.4. The quantitative estimate of drug-likeness (QED) is 0.783. The van der Waals surface area contributed by atoms with Gasteiger partial charge in [0, 0.05) is 30.3 Å². The second-order valence-corrected chi connectivity index (χ2v) is 8.46. The number of fused-ring (bicyclic) bond motifs is 1. The van der Waals surface area contributed by atoms with E-state index in [9.17, 15) is 9.59 Å². The summed E-state index contributed by atoms with van der Waals surface area (Å²) >= 11 is 1.70. The predicted octanol–water partition coefficient (Wildman–Crippen LogP) is 3.78. The molecule has 1 aromatic heterocycles. The van der Waals surface area contributed by atoms with Crippen LogP contribution < -0.4 is 0 Å². The van der Waals surface area contributed by atoms with Gasteiger partial charge in [0.05, 0.1) is 5.01 Å². The fourth-order valence-corrected chi connectivity index (χ4v) is 4.39. The summed E-state index contributed by atoms with van der Waals surface area (Å²) in [6.07, 6.45) is 4.11. The van der Waals surface area contributed by atoms with Gasteiger partial charge in [0.1, 0.15) is 11.3 Å². The maximum absolute atomic E-state index is 12.1. The van der Waals surface area contributed by atoms with Crippen LogP contribution >= 0.6 is 11.3 Å². The fourth-order valence-electron chi connectivity index (χ4n) is 3.10. The highest BCUT2D eigenvalue weighted by molar-refractivity contribution is 7.12. The molecule has 2 aliphatic rings. The normalized spacial score (nSPS) is 19.6. The summed E-state index contributed by atoms with van der Waals surface area (Å²) in [6.45, 7) is 7.04. The number of hydrogen-bond donors (Lipinski definition) is 0. The van der Waals surface area contributed by atoms with Crippen LogP contribution in [0.1, 0.15) is 72.7 Å². The van der Waals surface area contributed by atoms with Gasteiger partial charge in [0.25, 0.3) is 0 Å². The molecule has 1 fully saturated rings. The Hall–Kier alpha value is -1.43. The molecule has 0 radical (unpaired) electrons. The van der Waals surface area contributed by atoms with E-state index in [-0.39, 0.29) is 11.9 Å². The summed E-state index contributed by atoms with van der Waals surface area (Å²) in [4.78, 5) is 31.6. The van der Waals surface area contributed by atoms with Gasteiger partial charge >= 0.3 is 6.09 Å². The molecule has 0 aromatic carbocycles. The smallest absolute Gasteiger partial charge is 0.410 e. The number of aromatic nitrogens is 1. The lowest BCUT2D eigenvalue weighted by molar-refractivity contribution is 0.0205. The SMILES string of the molecule is CC(C)(C)OC(=O)N1CCC(c2nc3c(s2)CCCC3=O)CC1. The fraction of sp³-hybridized carbons (Fsp3) is 0.706. The highest BCUT2D eigenvalue weighted by atomic mass is 32.1. The van der Waals surface area contributed by atoms with Crippen LogP contribution in [0.25, 0.3) is 0 Å². The van der Waals surface area contributed by atoms with Crippen molar-refractivity contribution in [3.63, 3.8) is 0 Å². The third-order valence-corrected chi connectivity index (χ3v) is 5.56. The molecule has 5 nitrogen and oxygen atoms in total. The van der Waals surface area contributed by atoms with Crippen LogP contribution in [0, 0.1) is 0 Å². The largest absolute Gasteiger partial charge is 0.444 e. The summed E-state index contributed by atoms with van der Waals surface area (Å²) in [5.41, 5.74) is 0.258. The lowest BCUT2D eigenvalue weighted by atomic mass is 9.97. The van der Waals surface area contributed by atoms with Crippen LogP contribution in [0.4, 0.5) is 4.79 Å². The van der Waals surface area contributed by atoms with Crippen LogP contribution in [0.15, 0.2) is 0 Å². The number of carbonyl (C=O) groups is 2. The number of nitrogens with zero attached hydrogens (tertiary/aromatic N) is 2. The number of thiazole rings is 1. The van der Waals surface area contributed by atoms with Crippen molar-refractivity contribution < 1.29 is 14.3 Å². The lowest BCUT2D eigenvalue weighted by Gasteiger charge is -2.32. The molecule has 0 bridgehead atoms. The second-order valence-electron chi connectivity index (χ2n) is 7.34. The van der Waals surface area contributed by atoms with Gasteiger partial charge in [-0.3, -0.25) is 4.79 Å². The zero-order valence-corrected chi connectivity index (χ0v) is 14.9. The number of rotatable bonds is 1. The summed E-state index contributed by atoms with van der Waals surface area (Å²) in [5, 5.41) is 1.08. The van der Waals surface area contributed by atoms with E-state index in [1.165, 1.54) is 0 Å². The predicted molar refractivity (Wildman–Crippen MR) is 89.2 cm³/mol. The molecule has 0 saturated carbocycles. The molecule has 3 rings (SSSR count). The number of ether oxygens (including phenoxy) is 1. The molecule has 0 unspecified atom stereocenters. The number of carbonyl (C=O) groups excluding carboxylic acids is 2. The Kier molecular flexibility index (Phi) is 4.45. The molecule has 0 atom stereocenters. The lowest BCUT2D eigenvalue weighted by Crippen LogP contribution is -2.41. The van der Waals surface area contributed by atoms with Gasteiger partial charge in [-0.05, 0) is 46.5 Å². The number of piperidine rings is 1. The van der Waals surface area contributed by atoms with E-state index < -0.39 is 5.60 Å². The van der Waals surface area contributed by atoms with Crippen molar-refractivity contribution in [1.82, 2.24) is 9.88 Å². The van der Waals surface area contributed by atoms with Crippen LogP contribution in [0.3, 0.4) is 0 Å². The molecular formula is C17H24N2O3S. The first-order valence-electron chi connectivity index (χ1n) is 8.34. The standard InChI is InChI=1S/C17H24N2O3S/c1-17(2,3)22-16(21)19-9-7-11(8-10-19)15-18-14-12(20)5-4-6-13(14)23-15/h11H,4-10H2,1-3H3. The van der Waals surface area contributed by atoms with Crippen molar-refractivity contribution >= 4 is 23.2 Å². The number of aryl methyl sites for hydroxylation is 1. The third-order valence-electron chi connectivity index (χ3n) is 4.28. The van der Waals surface area contributed by atoms with Crippen molar-refractivity contribution in [3.8, 4) is 0 Å². The summed E-state index contributed by atoms with van der Waals surface area (Å²) in [6, 6.07) is 0. The number of ketones is 1. The van der Waals surface area contributed by atoms with Crippen molar-refractivity contribution in [1.29, 1.82) is 0 Å². The van der Waals surface area contributed by atoms with E-state index in [0.717, 1.165) is 35.6 Å². The van der Waals surface area contributed by atoms with Gasteiger partial charge < -0.3 is 9.64 Å². The highest BCUT2D eigenvalue weighted by Gasteiger charge is 2.30. The molecule has 0 N–H and O–H groups in total. The Bertz CT molecular complexity index is 610. The van der Waals surface area contributed by atoms with Crippen LogP contribution in [0.5, 0.6) is 0 Å². The van der Waals surface area contributed by atoms with Gasteiger partial charge in [-0.15, -0.1) is 11.3 Å². The molecule has 1 aliphatic heterocycles. The van der Waals surface area contributed by atoms with E-state index in [0.29, 0.717) is 31.1 Å². The summed E-state index contributed by atoms with van der Waals surface area (Å²) in [7, 11) is 0. The molecule has 6 heteroatoms. The molecular weight excluding hydrogens is 312 g/mol. The maximum atomic E-state index is 12.1. The van der Waals surface area contributed by atoms with Crippen LogP contribution in [-0.2, 0) is 11.2 Å². The van der Waals surface area contributed by atoms with Gasteiger partial charge in [-0.2, -0.15) is 0 Å². The monoisotopic (exact) mass is 336 g/mol. The minimum atomic E-state index is -0.456. The molecule has 1 aromatic rings. The first-order chi connectivity index (χ1) is 10.8. The number of Topliss-reactive ketones (excluding diaryl/α,β-unsaturated/α-hetero) is 1. The first-order valence-corrected chi connectivity index (χ1v) is 9.16. The van der Waals surface area contributed by atoms with Crippen molar-refractivity contribution in [2.24, 2.45) is 0 Å². The van der Waals surface area contributed by atoms with Crippen molar-refractivity contribution in [2.45, 2.75) is 64.4 Å². The van der Waals surface area contributed by atoms with Gasteiger partial charge in [0.2, 0.25) is 0 Å². The van der Waals surface area contributed by atoms with E-state index in [2.05, 4.69) is 4.98 Å². The molecule has 126 valence electrons. The van der Waals surface area contributed by atoms with Crippen molar-refractivity contribution in [2.75, 3.05) is 13.1 Å². The zero-order valence-electron chi connectivity index (χ0n) is 14.1. The molecule has 2 heterocycles. The van der Waals surface area contributed by atoms with E-state index in [1.807, 2.05) is 20.8 Å². The molecule has 0 spiro atoms. The Balaban J connectivity index is 1.61. The average molecular weight is 336 g/mol. The van der Waals surface area contributed by atoms with E-state index >= 15 is 0 Å². The molecule has 1 amide bonds. The number of hydrogen-bond acceptors (Lipinski definition) is 5. The highest BCUT2D eigenvalue weighted by Crippen LogP contribution is 2.35. The Labute approximate surface area is 141 Å². The van der Waals surface area contributed by atoms with Gasteiger partial charge in [-0.1, -0.05) is 0 Å². The summed E-state index contributed by atoms with van der Waals surface area (Å²) < 4.78 is 5.43. The molecule has 1 aliphatic carbocycles. The minimum absolute atomic E-state index is 0.194. The van der Waals surface area contributed by atoms with Crippen molar-refractivity contribution in [3.05, 3.63) is 15.6 Å². The van der Waals surface area contributed by atoms with Crippen LogP contribution in [0.2, 0.25) is 0 Å². The number of likely N-dealkylation sites (tertiary alicyclic amines) is 1. The average Bonchev–Trinajstić information content (AvgIpc) is 2.91. The Morgan fingerprint density at radius 3 is 2.57 bits per heavy atom. The maximum Gasteiger partial charge on any atom is 0.410 e.